The van der Waals surface area contributed by atoms with Crippen LogP contribution in [-0.4, -0.2) is 35.0 Å². The molecule has 0 bridgehead atoms. The standard InChI is InChI=1S/C18H19N3O4/c22-16-2-1-8-21(16)10-12-3-5-13(6-4-12)19-18(23)17-14-11-24-9-7-15(14)25-20-17/h3-6H,1-2,7-11H2,(H,19,23). The molecule has 1 aromatic carbocycles. The number of hydrogen-bond acceptors (Lipinski definition) is 5. The van der Waals surface area contributed by atoms with Gasteiger partial charge in [0, 0.05) is 31.6 Å². The highest BCUT2D eigenvalue weighted by Crippen LogP contribution is 2.22. The predicted molar refractivity (Wildman–Crippen MR) is 88.9 cm³/mol. The second kappa shape index (κ2) is 6.68. The molecule has 1 fully saturated rings. The van der Waals surface area contributed by atoms with Crippen LogP contribution < -0.4 is 5.32 Å². The second-order valence-corrected chi connectivity index (χ2v) is 6.31. The van der Waals surface area contributed by atoms with Gasteiger partial charge in [-0.3, -0.25) is 9.59 Å². The van der Waals surface area contributed by atoms with E-state index in [-0.39, 0.29) is 17.5 Å². The van der Waals surface area contributed by atoms with Crippen molar-refractivity contribution in [3.63, 3.8) is 0 Å². The second-order valence-electron chi connectivity index (χ2n) is 6.31. The van der Waals surface area contributed by atoms with Crippen molar-refractivity contribution in [3.05, 3.63) is 46.8 Å². The summed E-state index contributed by atoms with van der Waals surface area (Å²) >= 11 is 0. The molecule has 1 N–H and O–H groups in total. The number of fused-ring (bicyclic) bond motifs is 1. The van der Waals surface area contributed by atoms with E-state index in [1.54, 1.807) is 0 Å². The van der Waals surface area contributed by atoms with E-state index >= 15 is 0 Å². The lowest BCUT2D eigenvalue weighted by molar-refractivity contribution is -0.128. The van der Waals surface area contributed by atoms with E-state index in [9.17, 15) is 9.59 Å². The summed E-state index contributed by atoms with van der Waals surface area (Å²) in [6.07, 6.45) is 2.21. The Balaban J connectivity index is 1.41. The number of carbonyl (C=O) groups excluding carboxylic acids is 2. The number of nitrogens with zero attached hydrogens (tertiary/aromatic N) is 2. The highest BCUT2D eigenvalue weighted by molar-refractivity contribution is 6.03. The zero-order chi connectivity index (χ0) is 17.2. The van der Waals surface area contributed by atoms with E-state index < -0.39 is 0 Å². The third kappa shape index (κ3) is 3.28. The summed E-state index contributed by atoms with van der Waals surface area (Å²) in [6, 6.07) is 7.50. The summed E-state index contributed by atoms with van der Waals surface area (Å²) in [5.74, 6) is 0.621. The van der Waals surface area contributed by atoms with Crippen molar-refractivity contribution in [2.75, 3.05) is 18.5 Å². The Labute approximate surface area is 144 Å². The Morgan fingerprint density at radius 1 is 1.24 bits per heavy atom. The lowest BCUT2D eigenvalue weighted by Crippen LogP contribution is -2.23. The minimum atomic E-state index is -0.307. The summed E-state index contributed by atoms with van der Waals surface area (Å²) in [5, 5.41) is 6.70. The molecule has 2 aliphatic heterocycles. The number of benzene rings is 1. The molecule has 0 spiro atoms. The maximum Gasteiger partial charge on any atom is 0.278 e. The fourth-order valence-corrected chi connectivity index (χ4v) is 3.18. The van der Waals surface area contributed by atoms with E-state index in [0.717, 1.165) is 29.9 Å². The molecule has 2 aliphatic rings. The molecule has 1 aromatic heterocycles. The number of rotatable bonds is 4. The molecule has 7 nitrogen and oxygen atoms in total. The Kier molecular flexibility index (Phi) is 4.23. The van der Waals surface area contributed by atoms with Gasteiger partial charge in [-0.2, -0.15) is 0 Å². The smallest absolute Gasteiger partial charge is 0.278 e. The Morgan fingerprint density at radius 2 is 2.08 bits per heavy atom. The van der Waals surface area contributed by atoms with Crippen LogP contribution in [0.15, 0.2) is 28.8 Å². The molecule has 0 aliphatic carbocycles. The molecule has 0 atom stereocenters. The molecule has 2 aromatic rings. The van der Waals surface area contributed by atoms with Crippen LogP contribution in [0.1, 0.15) is 40.2 Å². The van der Waals surface area contributed by atoms with Crippen LogP contribution in [0.2, 0.25) is 0 Å². The number of anilines is 1. The molecule has 0 unspecified atom stereocenters. The number of hydrogen-bond donors (Lipinski definition) is 1. The summed E-state index contributed by atoms with van der Waals surface area (Å²) in [4.78, 5) is 26.0. The predicted octanol–water partition coefficient (Wildman–Crippen LogP) is 2.12. The molecule has 0 radical (unpaired) electrons. The molecule has 7 heteroatoms. The summed E-state index contributed by atoms with van der Waals surface area (Å²) in [7, 11) is 0. The fourth-order valence-electron chi connectivity index (χ4n) is 3.18. The van der Waals surface area contributed by atoms with Crippen molar-refractivity contribution >= 4 is 17.5 Å². The van der Waals surface area contributed by atoms with Gasteiger partial charge in [-0.05, 0) is 24.1 Å². The van der Waals surface area contributed by atoms with Crippen molar-refractivity contribution in [3.8, 4) is 0 Å². The lowest BCUT2D eigenvalue weighted by Gasteiger charge is -2.15. The monoisotopic (exact) mass is 341 g/mol. The molecule has 0 saturated carbocycles. The minimum Gasteiger partial charge on any atom is -0.376 e. The lowest BCUT2D eigenvalue weighted by atomic mass is 10.1. The normalized spacial score (nSPS) is 16.8. The van der Waals surface area contributed by atoms with Gasteiger partial charge >= 0.3 is 0 Å². The molecular weight excluding hydrogens is 322 g/mol. The Bertz CT molecular complexity index is 797. The first-order valence-electron chi connectivity index (χ1n) is 8.44. The van der Waals surface area contributed by atoms with Crippen LogP contribution in [0, 0.1) is 0 Å². The van der Waals surface area contributed by atoms with Crippen molar-refractivity contribution in [1.29, 1.82) is 0 Å². The molecule has 1 saturated heterocycles. The largest absolute Gasteiger partial charge is 0.376 e. The zero-order valence-corrected chi connectivity index (χ0v) is 13.8. The summed E-state index contributed by atoms with van der Waals surface area (Å²) in [5.41, 5.74) is 2.73. The van der Waals surface area contributed by atoms with E-state index in [0.29, 0.717) is 38.3 Å². The van der Waals surface area contributed by atoms with E-state index in [1.807, 2.05) is 29.2 Å². The van der Waals surface area contributed by atoms with Crippen LogP contribution in [0.4, 0.5) is 5.69 Å². The van der Waals surface area contributed by atoms with Gasteiger partial charge in [0.15, 0.2) is 5.69 Å². The maximum absolute atomic E-state index is 12.4. The number of amides is 2. The first-order chi connectivity index (χ1) is 12.2. The number of ether oxygens (including phenoxy) is 1. The minimum absolute atomic E-state index is 0.204. The average Bonchev–Trinajstić information content (AvgIpc) is 3.23. The molecule has 130 valence electrons. The third-order valence-corrected chi connectivity index (χ3v) is 4.56. The van der Waals surface area contributed by atoms with Crippen molar-refractivity contribution < 1.29 is 18.8 Å². The van der Waals surface area contributed by atoms with Crippen LogP contribution in [0.25, 0.3) is 0 Å². The van der Waals surface area contributed by atoms with Crippen LogP contribution in [-0.2, 0) is 29.1 Å². The van der Waals surface area contributed by atoms with E-state index in [1.165, 1.54) is 0 Å². The first kappa shape index (κ1) is 15.8. The van der Waals surface area contributed by atoms with Crippen molar-refractivity contribution in [1.82, 2.24) is 10.1 Å². The van der Waals surface area contributed by atoms with Gasteiger partial charge in [-0.25, -0.2) is 0 Å². The van der Waals surface area contributed by atoms with Gasteiger partial charge in [-0.15, -0.1) is 0 Å². The summed E-state index contributed by atoms with van der Waals surface area (Å²) in [6.45, 7) is 2.37. The van der Waals surface area contributed by atoms with E-state index in [2.05, 4.69) is 10.5 Å². The molecule has 4 rings (SSSR count). The van der Waals surface area contributed by atoms with Crippen LogP contribution in [0.3, 0.4) is 0 Å². The number of carbonyl (C=O) groups is 2. The number of likely N-dealkylation sites (tertiary alicyclic amines) is 1. The quantitative estimate of drug-likeness (QED) is 0.921. The highest BCUT2D eigenvalue weighted by atomic mass is 16.5. The summed E-state index contributed by atoms with van der Waals surface area (Å²) < 4.78 is 10.6. The van der Waals surface area contributed by atoms with Gasteiger partial charge < -0.3 is 19.5 Å². The highest BCUT2D eigenvalue weighted by Gasteiger charge is 2.24. The molecule has 2 amide bonds. The molecule has 25 heavy (non-hydrogen) atoms. The fraction of sp³-hybridized carbons (Fsp3) is 0.389. The van der Waals surface area contributed by atoms with Crippen molar-refractivity contribution in [2.45, 2.75) is 32.4 Å². The Hall–Kier alpha value is -2.67. The van der Waals surface area contributed by atoms with Gasteiger partial charge in [-0.1, -0.05) is 17.3 Å². The Morgan fingerprint density at radius 3 is 2.84 bits per heavy atom. The third-order valence-electron chi connectivity index (χ3n) is 4.56. The SMILES string of the molecule is O=C(Nc1ccc(CN2CCCC2=O)cc1)c1noc2c1COCC2. The van der Waals surface area contributed by atoms with Gasteiger partial charge in [0.25, 0.3) is 5.91 Å². The molecular formula is C18H19N3O4. The average molecular weight is 341 g/mol. The number of nitrogens with one attached hydrogen (secondary N) is 1. The van der Waals surface area contributed by atoms with Crippen LogP contribution >= 0.6 is 0 Å². The van der Waals surface area contributed by atoms with Crippen molar-refractivity contribution in [2.24, 2.45) is 0 Å². The first-order valence-corrected chi connectivity index (χ1v) is 8.44. The van der Waals surface area contributed by atoms with Crippen LogP contribution in [0.5, 0.6) is 0 Å². The molecule has 3 heterocycles. The van der Waals surface area contributed by atoms with Gasteiger partial charge in [0.05, 0.1) is 18.8 Å². The zero-order valence-electron chi connectivity index (χ0n) is 13.8. The van der Waals surface area contributed by atoms with E-state index in [4.69, 9.17) is 9.26 Å². The number of aromatic nitrogens is 1. The topological polar surface area (TPSA) is 84.7 Å². The van der Waals surface area contributed by atoms with Gasteiger partial charge in [0.1, 0.15) is 5.76 Å². The maximum atomic E-state index is 12.4. The van der Waals surface area contributed by atoms with Gasteiger partial charge in [0.2, 0.25) is 5.91 Å².